The number of rotatable bonds is 5. The van der Waals surface area contributed by atoms with Gasteiger partial charge in [0.15, 0.2) is 5.13 Å². The predicted molar refractivity (Wildman–Crippen MR) is 84.1 cm³/mol. The summed E-state index contributed by atoms with van der Waals surface area (Å²) >= 11 is 1.05. The highest BCUT2D eigenvalue weighted by atomic mass is 32.1. The third-order valence-corrected chi connectivity index (χ3v) is 3.56. The number of carbonyl (C=O) groups excluding carboxylic acids is 2. The molecule has 22 heavy (non-hydrogen) atoms. The Morgan fingerprint density at radius 3 is 2.59 bits per heavy atom. The topological polar surface area (TPSA) is 77.5 Å². The number of thiazole rings is 1. The molecule has 0 aliphatic rings. The Balaban J connectivity index is 1.95. The summed E-state index contributed by atoms with van der Waals surface area (Å²) in [7, 11) is 2.88. The minimum Gasteiger partial charge on any atom is -0.497 e. The Morgan fingerprint density at radius 2 is 1.95 bits per heavy atom. The molecule has 1 aromatic heterocycles. The van der Waals surface area contributed by atoms with Gasteiger partial charge in [-0.2, -0.15) is 0 Å². The zero-order chi connectivity index (χ0) is 15.9. The van der Waals surface area contributed by atoms with Crippen molar-refractivity contribution >= 4 is 34.4 Å². The molecule has 0 fully saturated rings. The van der Waals surface area contributed by atoms with E-state index in [2.05, 4.69) is 15.0 Å². The second-order valence-corrected chi connectivity index (χ2v) is 5.15. The van der Waals surface area contributed by atoms with Gasteiger partial charge in [0, 0.05) is 6.08 Å². The first kappa shape index (κ1) is 15.7. The van der Waals surface area contributed by atoms with E-state index in [1.807, 2.05) is 12.1 Å². The van der Waals surface area contributed by atoms with E-state index in [0.717, 1.165) is 22.6 Å². The Hall–Kier alpha value is -2.67. The number of ether oxygens (including phenoxy) is 2. The first-order valence-electron chi connectivity index (χ1n) is 6.29. The molecule has 0 aliphatic heterocycles. The maximum atomic E-state index is 11.8. The standard InChI is InChI=1S/C15H14N2O4S/c1-20-11-6-3-10(4-7-11)5-8-13(18)17-15-16-9-12(22-15)14(19)21-2/h3-9H,1-2H3,(H,16,17,18)/b8-5+. The first-order chi connectivity index (χ1) is 10.6. The third-order valence-electron chi connectivity index (χ3n) is 2.67. The van der Waals surface area contributed by atoms with Gasteiger partial charge in [-0.1, -0.05) is 23.5 Å². The predicted octanol–water partition coefficient (Wildman–Crippen LogP) is 2.59. The zero-order valence-corrected chi connectivity index (χ0v) is 12.8. The van der Waals surface area contributed by atoms with Crippen molar-refractivity contribution in [1.29, 1.82) is 0 Å². The molecule has 1 amide bonds. The molecule has 1 N–H and O–H groups in total. The van der Waals surface area contributed by atoms with Crippen LogP contribution in [0.15, 0.2) is 36.5 Å². The van der Waals surface area contributed by atoms with Crippen molar-refractivity contribution in [2.45, 2.75) is 0 Å². The Morgan fingerprint density at radius 1 is 1.23 bits per heavy atom. The van der Waals surface area contributed by atoms with Gasteiger partial charge in [-0.3, -0.25) is 10.1 Å². The number of nitrogens with zero attached hydrogens (tertiary/aromatic N) is 1. The van der Waals surface area contributed by atoms with Crippen molar-refractivity contribution in [3.05, 3.63) is 47.0 Å². The van der Waals surface area contributed by atoms with Gasteiger partial charge >= 0.3 is 5.97 Å². The highest BCUT2D eigenvalue weighted by Gasteiger charge is 2.11. The molecule has 0 unspecified atom stereocenters. The maximum absolute atomic E-state index is 11.8. The van der Waals surface area contributed by atoms with E-state index in [1.54, 1.807) is 25.3 Å². The Labute approximate surface area is 131 Å². The molecule has 0 aliphatic carbocycles. The third kappa shape index (κ3) is 4.16. The van der Waals surface area contributed by atoms with Crippen LogP contribution in [0.2, 0.25) is 0 Å². The molecule has 0 radical (unpaired) electrons. The summed E-state index contributed by atoms with van der Waals surface area (Å²) in [6, 6.07) is 7.28. The highest BCUT2D eigenvalue weighted by molar-refractivity contribution is 7.17. The fourth-order valence-electron chi connectivity index (χ4n) is 1.56. The van der Waals surface area contributed by atoms with Gasteiger partial charge in [-0.05, 0) is 23.8 Å². The van der Waals surface area contributed by atoms with E-state index < -0.39 is 5.97 Å². The lowest BCUT2D eigenvalue weighted by Crippen LogP contribution is -2.07. The van der Waals surface area contributed by atoms with E-state index in [0.29, 0.717) is 10.0 Å². The number of hydrogen-bond acceptors (Lipinski definition) is 6. The summed E-state index contributed by atoms with van der Waals surface area (Å²) in [6.07, 6.45) is 4.42. The number of anilines is 1. The van der Waals surface area contributed by atoms with E-state index in [4.69, 9.17) is 4.74 Å². The van der Waals surface area contributed by atoms with Crippen LogP contribution in [0, 0.1) is 0 Å². The number of amides is 1. The van der Waals surface area contributed by atoms with Gasteiger partial charge in [-0.15, -0.1) is 0 Å². The molecular weight excluding hydrogens is 304 g/mol. The molecule has 2 rings (SSSR count). The molecule has 0 saturated carbocycles. The second-order valence-electron chi connectivity index (χ2n) is 4.12. The van der Waals surface area contributed by atoms with Crippen LogP contribution in [0.1, 0.15) is 15.2 Å². The van der Waals surface area contributed by atoms with E-state index in [-0.39, 0.29) is 5.91 Å². The number of hydrogen-bond donors (Lipinski definition) is 1. The Bertz CT molecular complexity index is 692. The summed E-state index contributed by atoms with van der Waals surface area (Å²) in [4.78, 5) is 27.3. The fraction of sp³-hybridized carbons (Fsp3) is 0.133. The molecule has 0 saturated heterocycles. The lowest BCUT2D eigenvalue weighted by Gasteiger charge is -1.99. The number of nitrogens with one attached hydrogen (secondary N) is 1. The molecule has 2 aromatic rings. The van der Waals surface area contributed by atoms with Gasteiger partial charge in [0.2, 0.25) is 5.91 Å². The zero-order valence-electron chi connectivity index (χ0n) is 12.0. The molecule has 1 aromatic carbocycles. The summed E-state index contributed by atoms with van der Waals surface area (Å²) in [5, 5.41) is 2.92. The van der Waals surface area contributed by atoms with Crippen LogP contribution in [0.3, 0.4) is 0 Å². The number of benzene rings is 1. The van der Waals surface area contributed by atoms with Gasteiger partial charge in [0.1, 0.15) is 10.6 Å². The van der Waals surface area contributed by atoms with Gasteiger partial charge in [0.25, 0.3) is 0 Å². The van der Waals surface area contributed by atoms with Crippen LogP contribution in [0.4, 0.5) is 5.13 Å². The van der Waals surface area contributed by atoms with E-state index >= 15 is 0 Å². The highest BCUT2D eigenvalue weighted by Crippen LogP contribution is 2.19. The molecule has 0 bridgehead atoms. The molecular formula is C15H14N2O4S. The first-order valence-corrected chi connectivity index (χ1v) is 7.11. The summed E-state index contributed by atoms with van der Waals surface area (Å²) < 4.78 is 9.63. The lowest BCUT2D eigenvalue weighted by atomic mass is 10.2. The second kappa shape index (κ2) is 7.37. The SMILES string of the molecule is COC(=O)c1cnc(NC(=O)/C=C/c2ccc(OC)cc2)s1. The molecule has 114 valence electrons. The quantitative estimate of drug-likeness (QED) is 0.677. The monoisotopic (exact) mass is 318 g/mol. The minimum absolute atomic E-state index is 0.330. The summed E-state index contributed by atoms with van der Waals surface area (Å²) in [5.41, 5.74) is 0.866. The normalized spacial score (nSPS) is 10.5. The molecule has 7 heteroatoms. The molecule has 0 atom stereocenters. The van der Waals surface area contributed by atoms with Crippen LogP contribution in [0.25, 0.3) is 6.08 Å². The maximum Gasteiger partial charge on any atom is 0.349 e. The molecule has 0 spiro atoms. The van der Waals surface area contributed by atoms with Crippen LogP contribution in [0.5, 0.6) is 5.75 Å². The van der Waals surface area contributed by atoms with Crippen LogP contribution in [-0.2, 0) is 9.53 Å². The molecule has 1 heterocycles. The number of carbonyl (C=O) groups is 2. The Kier molecular flexibility index (Phi) is 5.26. The van der Waals surface area contributed by atoms with E-state index in [1.165, 1.54) is 19.4 Å². The fourth-order valence-corrected chi connectivity index (χ4v) is 2.30. The smallest absolute Gasteiger partial charge is 0.349 e. The number of esters is 1. The van der Waals surface area contributed by atoms with E-state index in [9.17, 15) is 9.59 Å². The minimum atomic E-state index is -0.480. The average molecular weight is 318 g/mol. The van der Waals surface area contributed by atoms with Crippen molar-refractivity contribution in [2.24, 2.45) is 0 Å². The van der Waals surface area contributed by atoms with Crippen molar-refractivity contribution in [3.8, 4) is 5.75 Å². The molecule has 6 nitrogen and oxygen atoms in total. The number of methoxy groups -OCH3 is 2. The summed E-state index contributed by atoms with van der Waals surface area (Å²) in [6.45, 7) is 0. The average Bonchev–Trinajstić information content (AvgIpc) is 3.01. The summed E-state index contributed by atoms with van der Waals surface area (Å²) in [5.74, 6) is -0.0620. The van der Waals surface area contributed by atoms with Gasteiger partial charge in [-0.25, -0.2) is 9.78 Å². The van der Waals surface area contributed by atoms with Gasteiger partial charge in [0.05, 0.1) is 20.4 Å². The van der Waals surface area contributed by atoms with Crippen molar-refractivity contribution in [1.82, 2.24) is 4.98 Å². The van der Waals surface area contributed by atoms with Crippen molar-refractivity contribution in [3.63, 3.8) is 0 Å². The van der Waals surface area contributed by atoms with Crippen LogP contribution in [-0.4, -0.2) is 31.1 Å². The number of aromatic nitrogens is 1. The van der Waals surface area contributed by atoms with Crippen molar-refractivity contribution < 1.29 is 19.1 Å². The lowest BCUT2D eigenvalue weighted by molar-refractivity contribution is -0.111. The van der Waals surface area contributed by atoms with Crippen LogP contribution < -0.4 is 10.1 Å². The van der Waals surface area contributed by atoms with Crippen molar-refractivity contribution in [2.75, 3.05) is 19.5 Å². The largest absolute Gasteiger partial charge is 0.497 e. The van der Waals surface area contributed by atoms with Gasteiger partial charge < -0.3 is 9.47 Å². The van der Waals surface area contributed by atoms with Crippen LogP contribution >= 0.6 is 11.3 Å².